The van der Waals surface area contributed by atoms with E-state index in [1.54, 1.807) is 0 Å². The number of carbonyl (C=O) groups excluding carboxylic acids is 1. The van der Waals surface area contributed by atoms with Crippen molar-refractivity contribution in [3.05, 3.63) is 24.4 Å². The highest BCUT2D eigenvalue weighted by atomic mass is 16.5. The molecule has 0 aromatic rings. The maximum atomic E-state index is 11.0. The van der Waals surface area contributed by atoms with Gasteiger partial charge in [0.15, 0.2) is 0 Å². The molecular weight excluding hydrogens is 204 g/mol. The monoisotopic (exact) mass is 224 g/mol. The van der Waals surface area contributed by atoms with Gasteiger partial charge in [-0.05, 0) is 33.8 Å². The van der Waals surface area contributed by atoms with E-state index in [1.165, 1.54) is 0 Å². The second-order valence-corrected chi connectivity index (χ2v) is 5.08. The lowest BCUT2D eigenvalue weighted by atomic mass is 9.97. The maximum Gasteiger partial charge on any atom is 0.330 e. The van der Waals surface area contributed by atoms with Crippen molar-refractivity contribution in [2.24, 2.45) is 0 Å². The van der Waals surface area contributed by atoms with Crippen LogP contribution < -0.4 is 10.6 Å². The summed E-state index contributed by atoms with van der Waals surface area (Å²) in [5, 5.41) is 6.68. The van der Waals surface area contributed by atoms with Crippen molar-refractivity contribution in [3.8, 4) is 0 Å². The van der Waals surface area contributed by atoms with Gasteiger partial charge in [0.1, 0.15) is 6.61 Å². The molecule has 16 heavy (non-hydrogen) atoms. The van der Waals surface area contributed by atoms with E-state index in [0.29, 0.717) is 0 Å². The number of ether oxygens (including phenoxy) is 1. The second kappa shape index (κ2) is 4.29. The van der Waals surface area contributed by atoms with Gasteiger partial charge in [-0.15, -0.1) is 0 Å². The molecule has 0 unspecified atom stereocenters. The predicted octanol–water partition coefficient (Wildman–Crippen LogP) is 1.31. The minimum absolute atomic E-state index is 0.120. The van der Waals surface area contributed by atoms with Crippen LogP contribution in [0.4, 0.5) is 0 Å². The molecule has 90 valence electrons. The van der Waals surface area contributed by atoms with E-state index < -0.39 is 5.97 Å². The fraction of sp³-hybridized carbons (Fsp3) is 0.583. The SMILES string of the molecule is C=CC(=O)OCC1=CC(C)(C)NC(C)(C)N1. The summed E-state index contributed by atoms with van der Waals surface area (Å²) < 4.78 is 5.00. The number of hydrogen-bond donors (Lipinski definition) is 2. The third kappa shape index (κ3) is 3.70. The Labute approximate surface area is 96.7 Å². The van der Waals surface area contributed by atoms with E-state index in [4.69, 9.17) is 4.74 Å². The lowest BCUT2D eigenvalue weighted by Crippen LogP contribution is -2.62. The van der Waals surface area contributed by atoms with Crippen LogP contribution in [0.3, 0.4) is 0 Å². The first-order valence-electron chi connectivity index (χ1n) is 5.32. The molecule has 0 aromatic carbocycles. The molecule has 0 spiro atoms. The van der Waals surface area contributed by atoms with Crippen molar-refractivity contribution < 1.29 is 9.53 Å². The lowest BCUT2D eigenvalue weighted by molar-refractivity contribution is -0.137. The third-order valence-corrected chi connectivity index (χ3v) is 2.18. The van der Waals surface area contributed by atoms with E-state index in [2.05, 4.69) is 31.1 Å². The average molecular weight is 224 g/mol. The van der Waals surface area contributed by atoms with Crippen LogP contribution in [0.15, 0.2) is 24.4 Å². The number of nitrogens with one attached hydrogen (secondary N) is 2. The van der Waals surface area contributed by atoms with Crippen molar-refractivity contribution in [2.45, 2.75) is 38.9 Å². The first kappa shape index (κ1) is 12.8. The Bertz CT molecular complexity index is 330. The van der Waals surface area contributed by atoms with E-state index in [9.17, 15) is 4.79 Å². The number of esters is 1. The molecule has 0 amide bonds. The highest BCUT2D eigenvalue weighted by molar-refractivity contribution is 5.81. The molecule has 0 aliphatic carbocycles. The largest absolute Gasteiger partial charge is 0.456 e. The minimum Gasteiger partial charge on any atom is -0.456 e. The quantitative estimate of drug-likeness (QED) is 0.560. The van der Waals surface area contributed by atoms with Crippen molar-refractivity contribution in [1.82, 2.24) is 10.6 Å². The summed E-state index contributed by atoms with van der Waals surface area (Å²) in [5.74, 6) is -0.406. The summed E-state index contributed by atoms with van der Waals surface area (Å²) in [4.78, 5) is 11.0. The summed E-state index contributed by atoms with van der Waals surface area (Å²) in [7, 11) is 0. The van der Waals surface area contributed by atoms with Crippen molar-refractivity contribution in [2.75, 3.05) is 6.61 Å². The van der Waals surface area contributed by atoms with Gasteiger partial charge in [-0.2, -0.15) is 0 Å². The first-order chi connectivity index (χ1) is 7.24. The fourth-order valence-electron chi connectivity index (χ4n) is 2.03. The molecule has 0 aromatic heterocycles. The minimum atomic E-state index is -0.406. The summed E-state index contributed by atoms with van der Waals surface area (Å²) in [6.07, 6.45) is 3.19. The standard InChI is InChI=1S/C12H20N2O2/c1-6-10(15)16-8-9-7-11(2,3)14-12(4,5)13-9/h6-7,13-14H,1,8H2,2-5H3. The average Bonchev–Trinajstić information content (AvgIpc) is 2.09. The predicted molar refractivity (Wildman–Crippen MR) is 63.7 cm³/mol. The van der Waals surface area contributed by atoms with Gasteiger partial charge in [-0.25, -0.2) is 4.79 Å². The molecule has 0 bridgehead atoms. The molecule has 0 radical (unpaired) electrons. The smallest absolute Gasteiger partial charge is 0.330 e. The van der Waals surface area contributed by atoms with E-state index in [1.807, 2.05) is 19.9 Å². The Morgan fingerprint density at radius 2 is 2.12 bits per heavy atom. The van der Waals surface area contributed by atoms with Crippen molar-refractivity contribution >= 4 is 5.97 Å². The van der Waals surface area contributed by atoms with Crippen LogP contribution >= 0.6 is 0 Å². The van der Waals surface area contributed by atoms with Crippen LogP contribution in [0.5, 0.6) is 0 Å². The Hall–Kier alpha value is -1.29. The molecule has 0 atom stereocenters. The summed E-state index contributed by atoms with van der Waals surface area (Å²) >= 11 is 0. The van der Waals surface area contributed by atoms with Crippen molar-refractivity contribution in [3.63, 3.8) is 0 Å². The number of hydrogen-bond acceptors (Lipinski definition) is 4. The highest BCUT2D eigenvalue weighted by Gasteiger charge is 2.31. The summed E-state index contributed by atoms with van der Waals surface area (Å²) in [6, 6.07) is 0. The van der Waals surface area contributed by atoms with Gasteiger partial charge in [0, 0.05) is 17.3 Å². The molecule has 4 nitrogen and oxygen atoms in total. The number of carbonyl (C=O) groups is 1. The van der Waals surface area contributed by atoms with Gasteiger partial charge >= 0.3 is 5.97 Å². The highest BCUT2D eigenvalue weighted by Crippen LogP contribution is 2.19. The van der Waals surface area contributed by atoms with Gasteiger partial charge in [0.05, 0.1) is 5.66 Å². The fourth-order valence-corrected chi connectivity index (χ4v) is 2.03. The molecule has 2 N–H and O–H groups in total. The zero-order valence-electron chi connectivity index (χ0n) is 10.4. The van der Waals surface area contributed by atoms with Crippen LogP contribution in [0, 0.1) is 0 Å². The maximum absolute atomic E-state index is 11.0. The van der Waals surface area contributed by atoms with Crippen LogP contribution in [-0.2, 0) is 9.53 Å². The van der Waals surface area contributed by atoms with Gasteiger partial charge in [-0.1, -0.05) is 6.58 Å². The van der Waals surface area contributed by atoms with E-state index >= 15 is 0 Å². The molecular formula is C12H20N2O2. The van der Waals surface area contributed by atoms with Gasteiger partial charge in [0.25, 0.3) is 0 Å². The normalized spacial score (nSPS) is 21.6. The van der Waals surface area contributed by atoms with Crippen LogP contribution in [0.1, 0.15) is 27.7 Å². The molecule has 1 heterocycles. The van der Waals surface area contributed by atoms with Crippen LogP contribution in [-0.4, -0.2) is 23.8 Å². The van der Waals surface area contributed by atoms with E-state index in [0.717, 1.165) is 11.8 Å². The van der Waals surface area contributed by atoms with Gasteiger partial charge in [-0.3, -0.25) is 5.32 Å². The van der Waals surface area contributed by atoms with Gasteiger partial charge in [0.2, 0.25) is 0 Å². The third-order valence-electron chi connectivity index (χ3n) is 2.18. The molecule has 0 fully saturated rings. The zero-order chi connectivity index (χ0) is 12.4. The Morgan fingerprint density at radius 1 is 1.50 bits per heavy atom. The Morgan fingerprint density at radius 3 is 2.62 bits per heavy atom. The van der Waals surface area contributed by atoms with Crippen molar-refractivity contribution in [1.29, 1.82) is 0 Å². The molecule has 1 rings (SSSR count). The molecule has 1 aliphatic rings. The Balaban J connectivity index is 2.69. The zero-order valence-corrected chi connectivity index (χ0v) is 10.4. The first-order valence-corrected chi connectivity index (χ1v) is 5.32. The van der Waals surface area contributed by atoms with Gasteiger partial charge < -0.3 is 10.1 Å². The topological polar surface area (TPSA) is 50.4 Å². The Kier molecular flexibility index (Phi) is 3.43. The molecule has 4 heteroatoms. The number of rotatable bonds is 3. The van der Waals surface area contributed by atoms with Crippen LogP contribution in [0.25, 0.3) is 0 Å². The second-order valence-electron chi connectivity index (χ2n) is 5.08. The summed E-state index contributed by atoms with van der Waals surface area (Å²) in [5.41, 5.74) is 0.572. The van der Waals surface area contributed by atoms with E-state index in [-0.39, 0.29) is 17.8 Å². The molecule has 1 aliphatic heterocycles. The molecule has 0 saturated heterocycles. The molecule has 0 saturated carbocycles. The lowest BCUT2D eigenvalue weighted by Gasteiger charge is -2.42. The summed E-state index contributed by atoms with van der Waals surface area (Å²) in [6.45, 7) is 11.8. The van der Waals surface area contributed by atoms with Crippen LogP contribution in [0.2, 0.25) is 0 Å².